The molecule has 1 N–H and O–H groups in total. The summed E-state index contributed by atoms with van der Waals surface area (Å²) in [5, 5.41) is 3.17. The number of piperazine rings is 1. The number of rotatable bonds is 7. The maximum absolute atomic E-state index is 12.7. The Morgan fingerprint density at radius 2 is 1.78 bits per heavy atom. The molecule has 2 saturated heterocycles. The van der Waals surface area contributed by atoms with Gasteiger partial charge in [0.15, 0.2) is 0 Å². The predicted molar refractivity (Wildman–Crippen MR) is 127 cm³/mol. The van der Waals surface area contributed by atoms with Crippen LogP contribution in [0.15, 0.2) is 48.5 Å². The van der Waals surface area contributed by atoms with E-state index in [0.717, 1.165) is 75.8 Å². The van der Waals surface area contributed by atoms with Gasteiger partial charge in [-0.15, -0.1) is 0 Å². The maximum Gasteiger partial charge on any atom is 0.317 e. The van der Waals surface area contributed by atoms with Crippen LogP contribution in [0.5, 0.6) is 11.5 Å². The Balaban J connectivity index is 1.21. The van der Waals surface area contributed by atoms with Crippen molar-refractivity contribution in [3.63, 3.8) is 0 Å². The Labute approximate surface area is 190 Å². The average molecular weight is 439 g/mol. The second-order valence-electron chi connectivity index (χ2n) is 8.56. The summed E-state index contributed by atoms with van der Waals surface area (Å²) in [4.78, 5) is 19.4. The van der Waals surface area contributed by atoms with E-state index in [1.807, 2.05) is 29.2 Å². The van der Waals surface area contributed by atoms with Crippen molar-refractivity contribution in [2.75, 3.05) is 64.9 Å². The number of urea groups is 1. The monoisotopic (exact) mass is 438 g/mol. The molecule has 7 nitrogen and oxygen atoms in total. The molecule has 2 aromatic carbocycles. The first kappa shape index (κ1) is 22.3. The zero-order chi connectivity index (χ0) is 22.3. The molecule has 2 fully saturated rings. The fraction of sp³-hybridized carbons (Fsp3) is 0.480. The van der Waals surface area contributed by atoms with Gasteiger partial charge in [0.2, 0.25) is 0 Å². The number of anilines is 1. The molecule has 2 amide bonds. The third kappa shape index (κ3) is 5.46. The van der Waals surface area contributed by atoms with Crippen LogP contribution in [0, 0.1) is 5.92 Å². The lowest BCUT2D eigenvalue weighted by Crippen LogP contribution is -2.52. The van der Waals surface area contributed by atoms with Crippen molar-refractivity contribution in [1.29, 1.82) is 0 Å². The zero-order valence-electron chi connectivity index (χ0n) is 19.1. The van der Waals surface area contributed by atoms with Crippen molar-refractivity contribution in [1.82, 2.24) is 15.1 Å². The second kappa shape index (κ2) is 10.6. The van der Waals surface area contributed by atoms with E-state index in [4.69, 9.17) is 9.47 Å². The molecule has 4 rings (SSSR count). The number of methoxy groups -OCH3 is 2. The van der Waals surface area contributed by atoms with Crippen molar-refractivity contribution < 1.29 is 14.3 Å². The lowest BCUT2D eigenvalue weighted by Gasteiger charge is -2.35. The van der Waals surface area contributed by atoms with E-state index in [-0.39, 0.29) is 6.03 Å². The van der Waals surface area contributed by atoms with Gasteiger partial charge >= 0.3 is 6.03 Å². The molecule has 0 spiro atoms. The summed E-state index contributed by atoms with van der Waals surface area (Å²) < 4.78 is 10.9. The summed E-state index contributed by atoms with van der Waals surface area (Å²) in [6, 6.07) is 16.4. The van der Waals surface area contributed by atoms with E-state index in [9.17, 15) is 4.79 Å². The largest absolute Gasteiger partial charge is 0.497 e. The van der Waals surface area contributed by atoms with Gasteiger partial charge in [-0.1, -0.05) is 18.2 Å². The molecular formula is C25H34N4O3. The highest BCUT2D eigenvalue weighted by molar-refractivity contribution is 5.74. The highest BCUT2D eigenvalue weighted by Crippen LogP contribution is 2.26. The van der Waals surface area contributed by atoms with E-state index in [2.05, 4.69) is 39.4 Å². The van der Waals surface area contributed by atoms with E-state index in [0.29, 0.717) is 5.92 Å². The molecule has 1 unspecified atom stereocenters. The summed E-state index contributed by atoms with van der Waals surface area (Å²) in [5.74, 6) is 2.20. The minimum absolute atomic E-state index is 0.0572. The van der Waals surface area contributed by atoms with E-state index in [1.54, 1.807) is 14.2 Å². The van der Waals surface area contributed by atoms with Crippen LogP contribution in [0.3, 0.4) is 0 Å². The van der Waals surface area contributed by atoms with Gasteiger partial charge in [-0.2, -0.15) is 0 Å². The van der Waals surface area contributed by atoms with Crippen LogP contribution in [0.25, 0.3) is 0 Å². The molecule has 2 aromatic rings. The van der Waals surface area contributed by atoms with Crippen LogP contribution >= 0.6 is 0 Å². The number of para-hydroxylation sites is 1. The fourth-order valence-corrected chi connectivity index (χ4v) is 4.57. The van der Waals surface area contributed by atoms with Crippen molar-refractivity contribution in [2.24, 2.45) is 5.92 Å². The number of nitrogens with zero attached hydrogens (tertiary/aromatic N) is 3. The minimum atomic E-state index is 0.0572. The Morgan fingerprint density at radius 1 is 1.00 bits per heavy atom. The van der Waals surface area contributed by atoms with Gasteiger partial charge in [0, 0.05) is 63.6 Å². The van der Waals surface area contributed by atoms with Gasteiger partial charge in [-0.05, 0) is 42.7 Å². The lowest BCUT2D eigenvalue weighted by molar-refractivity contribution is 0.134. The molecule has 0 aromatic heterocycles. The number of carbonyl (C=O) groups is 1. The SMILES string of the molecule is COc1ccc(OC)c(CN2CCN(C(=O)NCC3CCN(c4ccccc4)C3)CC2)c1. The Morgan fingerprint density at radius 3 is 2.50 bits per heavy atom. The normalized spacial score (nSPS) is 19.1. The number of amides is 2. The van der Waals surface area contributed by atoms with Crippen molar-refractivity contribution in [3.05, 3.63) is 54.1 Å². The first-order chi connectivity index (χ1) is 15.7. The molecule has 0 radical (unpaired) electrons. The van der Waals surface area contributed by atoms with Gasteiger partial charge in [-0.3, -0.25) is 4.90 Å². The molecular weight excluding hydrogens is 404 g/mol. The number of benzene rings is 2. The first-order valence-electron chi connectivity index (χ1n) is 11.4. The van der Waals surface area contributed by atoms with Crippen LogP contribution in [-0.2, 0) is 6.54 Å². The van der Waals surface area contributed by atoms with Gasteiger partial charge in [0.05, 0.1) is 14.2 Å². The number of carbonyl (C=O) groups excluding carboxylic acids is 1. The van der Waals surface area contributed by atoms with Crippen molar-refractivity contribution in [2.45, 2.75) is 13.0 Å². The van der Waals surface area contributed by atoms with E-state index >= 15 is 0 Å². The molecule has 32 heavy (non-hydrogen) atoms. The fourth-order valence-electron chi connectivity index (χ4n) is 4.57. The first-order valence-corrected chi connectivity index (χ1v) is 11.4. The molecule has 0 aliphatic carbocycles. The summed E-state index contributed by atoms with van der Waals surface area (Å²) in [6.45, 7) is 6.74. The van der Waals surface area contributed by atoms with Crippen LogP contribution in [0.2, 0.25) is 0 Å². The van der Waals surface area contributed by atoms with Crippen LogP contribution < -0.4 is 19.7 Å². The maximum atomic E-state index is 12.7. The van der Waals surface area contributed by atoms with E-state index < -0.39 is 0 Å². The summed E-state index contributed by atoms with van der Waals surface area (Å²) in [7, 11) is 3.37. The molecule has 7 heteroatoms. The third-order valence-corrected chi connectivity index (χ3v) is 6.49. The summed E-state index contributed by atoms with van der Waals surface area (Å²) in [5.41, 5.74) is 2.37. The number of hydrogen-bond donors (Lipinski definition) is 1. The standard InChI is InChI=1S/C25H34N4O3/c1-31-23-8-9-24(32-2)21(16-23)19-27-12-14-28(15-13-27)25(30)26-17-20-10-11-29(18-20)22-6-4-3-5-7-22/h3-9,16,20H,10-15,17-19H2,1-2H3,(H,26,30). The Hall–Kier alpha value is -2.93. The summed E-state index contributed by atoms with van der Waals surface area (Å²) in [6.07, 6.45) is 1.12. The summed E-state index contributed by atoms with van der Waals surface area (Å²) >= 11 is 0. The highest BCUT2D eigenvalue weighted by Gasteiger charge is 2.25. The van der Waals surface area contributed by atoms with Crippen LogP contribution in [0.1, 0.15) is 12.0 Å². The molecule has 2 aliphatic rings. The molecule has 0 saturated carbocycles. The molecule has 0 bridgehead atoms. The average Bonchev–Trinajstić information content (AvgIpc) is 3.32. The quantitative estimate of drug-likeness (QED) is 0.720. The Kier molecular flexibility index (Phi) is 7.37. The second-order valence-corrected chi connectivity index (χ2v) is 8.56. The Bertz CT molecular complexity index is 884. The van der Waals surface area contributed by atoms with Gasteiger partial charge in [0.25, 0.3) is 0 Å². The van der Waals surface area contributed by atoms with Gasteiger partial charge in [0.1, 0.15) is 11.5 Å². The van der Waals surface area contributed by atoms with Gasteiger partial charge < -0.3 is 24.6 Å². The van der Waals surface area contributed by atoms with E-state index in [1.165, 1.54) is 5.69 Å². The molecule has 2 aliphatic heterocycles. The van der Waals surface area contributed by atoms with Crippen molar-refractivity contribution in [3.8, 4) is 11.5 Å². The smallest absolute Gasteiger partial charge is 0.317 e. The van der Waals surface area contributed by atoms with Gasteiger partial charge in [-0.25, -0.2) is 4.79 Å². The topological polar surface area (TPSA) is 57.3 Å². The number of nitrogens with one attached hydrogen (secondary N) is 1. The number of ether oxygens (including phenoxy) is 2. The number of hydrogen-bond acceptors (Lipinski definition) is 5. The molecule has 2 heterocycles. The minimum Gasteiger partial charge on any atom is -0.497 e. The lowest BCUT2D eigenvalue weighted by atomic mass is 10.1. The highest BCUT2D eigenvalue weighted by atomic mass is 16.5. The predicted octanol–water partition coefficient (Wildman–Crippen LogP) is 3.06. The van der Waals surface area contributed by atoms with Crippen LogP contribution in [-0.4, -0.2) is 75.9 Å². The molecule has 1 atom stereocenters. The van der Waals surface area contributed by atoms with Crippen molar-refractivity contribution >= 4 is 11.7 Å². The van der Waals surface area contributed by atoms with Crippen LogP contribution in [0.4, 0.5) is 10.5 Å². The zero-order valence-corrected chi connectivity index (χ0v) is 19.1. The molecule has 172 valence electrons. The third-order valence-electron chi connectivity index (χ3n) is 6.49.